The maximum absolute atomic E-state index is 12.1. The SMILES string of the molecule is CCCS(=O)(=O)Nc1ccc2c(c1)N(C(=O)COC)CCC2. The van der Waals surface area contributed by atoms with Crippen LogP contribution >= 0.6 is 0 Å². The van der Waals surface area contributed by atoms with E-state index in [1.807, 2.05) is 13.0 Å². The molecule has 0 atom stereocenters. The average molecular weight is 326 g/mol. The van der Waals surface area contributed by atoms with E-state index >= 15 is 0 Å². The highest BCUT2D eigenvalue weighted by molar-refractivity contribution is 7.92. The molecule has 1 N–H and O–H groups in total. The molecule has 0 saturated heterocycles. The first kappa shape index (κ1) is 16.8. The minimum Gasteiger partial charge on any atom is -0.375 e. The van der Waals surface area contributed by atoms with Gasteiger partial charge in [0.05, 0.1) is 11.4 Å². The zero-order valence-electron chi connectivity index (χ0n) is 13.0. The lowest BCUT2D eigenvalue weighted by Crippen LogP contribution is -2.37. The Balaban J connectivity index is 2.27. The summed E-state index contributed by atoms with van der Waals surface area (Å²) in [5, 5.41) is 0. The Labute approximate surface area is 131 Å². The number of sulfonamides is 1. The molecule has 6 nitrogen and oxygen atoms in total. The van der Waals surface area contributed by atoms with E-state index in [-0.39, 0.29) is 18.3 Å². The summed E-state index contributed by atoms with van der Waals surface area (Å²) in [6, 6.07) is 5.36. The largest absolute Gasteiger partial charge is 0.375 e. The second-order valence-electron chi connectivity index (χ2n) is 5.35. The number of ether oxygens (including phenoxy) is 1. The van der Waals surface area contributed by atoms with Gasteiger partial charge in [-0.2, -0.15) is 0 Å². The molecule has 7 heteroatoms. The molecule has 1 amide bonds. The Kier molecular flexibility index (Phi) is 5.42. The first-order valence-corrected chi connectivity index (χ1v) is 9.05. The molecule has 1 heterocycles. The first-order valence-electron chi connectivity index (χ1n) is 7.39. The van der Waals surface area contributed by atoms with Crippen LogP contribution < -0.4 is 9.62 Å². The summed E-state index contributed by atoms with van der Waals surface area (Å²) in [6.45, 7) is 2.46. The number of amides is 1. The Morgan fingerprint density at radius 2 is 2.18 bits per heavy atom. The summed E-state index contributed by atoms with van der Waals surface area (Å²) in [6.07, 6.45) is 2.33. The van der Waals surface area contributed by atoms with Gasteiger partial charge in [0, 0.05) is 19.3 Å². The number of anilines is 2. The quantitative estimate of drug-likeness (QED) is 0.864. The summed E-state index contributed by atoms with van der Waals surface area (Å²) < 4.78 is 31.2. The molecule has 1 aliphatic heterocycles. The zero-order valence-corrected chi connectivity index (χ0v) is 13.8. The number of hydrogen-bond acceptors (Lipinski definition) is 4. The molecular formula is C15H22N2O4S. The van der Waals surface area contributed by atoms with E-state index in [1.54, 1.807) is 17.0 Å². The van der Waals surface area contributed by atoms with Crippen LogP contribution in [-0.2, 0) is 26.0 Å². The smallest absolute Gasteiger partial charge is 0.252 e. The standard InChI is InChI=1S/C15H22N2O4S/c1-3-9-22(19,20)16-13-7-6-12-5-4-8-17(14(12)10-13)15(18)11-21-2/h6-7,10,16H,3-5,8-9,11H2,1-2H3. The van der Waals surface area contributed by atoms with E-state index in [2.05, 4.69) is 4.72 Å². The van der Waals surface area contributed by atoms with Crippen LogP contribution in [0.25, 0.3) is 0 Å². The molecule has 0 fully saturated rings. The monoisotopic (exact) mass is 326 g/mol. The molecule has 2 rings (SSSR count). The number of rotatable bonds is 6. The van der Waals surface area contributed by atoms with E-state index in [9.17, 15) is 13.2 Å². The molecule has 1 aliphatic rings. The highest BCUT2D eigenvalue weighted by Crippen LogP contribution is 2.30. The van der Waals surface area contributed by atoms with Gasteiger partial charge in [0.1, 0.15) is 6.61 Å². The molecule has 122 valence electrons. The molecule has 0 bridgehead atoms. The van der Waals surface area contributed by atoms with E-state index in [4.69, 9.17) is 4.74 Å². The van der Waals surface area contributed by atoms with Crippen molar-refractivity contribution >= 4 is 27.3 Å². The van der Waals surface area contributed by atoms with Crippen LogP contribution in [0.5, 0.6) is 0 Å². The van der Waals surface area contributed by atoms with Crippen molar-refractivity contribution in [1.82, 2.24) is 0 Å². The van der Waals surface area contributed by atoms with Gasteiger partial charge >= 0.3 is 0 Å². The third-order valence-electron chi connectivity index (χ3n) is 3.52. The summed E-state index contributed by atoms with van der Waals surface area (Å²) in [5.74, 6) is -0.0341. The zero-order chi connectivity index (χ0) is 16.2. The van der Waals surface area contributed by atoms with Gasteiger partial charge in [0.25, 0.3) is 5.91 Å². The molecule has 0 aromatic heterocycles. The third kappa shape index (κ3) is 3.98. The van der Waals surface area contributed by atoms with E-state index in [0.29, 0.717) is 18.7 Å². The Hall–Kier alpha value is -1.60. The number of aryl methyl sites for hydroxylation is 1. The Bertz CT molecular complexity index is 643. The number of carbonyl (C=O) groups excluding carboxylic acids is 1. The minimum atomic E-state index is -3.34. The molecule has 1 aromatic carbocycles. The van der Waals surface area contributed by atoms with Crippen LogP contribution in [0.1, 0.15) is 25.3 Å². The number of nitrogens with zero attached hydrogens (tertiary/aromatic N) is 1. The van der Waals surface area contributed by atoms with Crippen molar-refractivity contribution in [1.29, 1.82) is 0 Å². The number of fused-ring (bicyclic) bond motifs is 1. The van der Waals surface area contributed by atoms with Gasteiger partial charge in [-0.15, -0.1) is 0 Å². The van der Waals surface area contributed by atoms with Gasteiger partial charge in [0.2, 0.25) is 10.0 Å². The van der Waals surface area contributed by atoms with Crippen LogP contribution in [0.15, 0.2) is 18.2 Å². The fourth-order valence-electron chi connectivity index (χ4n) is 2.60. The van der Waals surface area contributed by atoms with Crippen molar-refractivity contribution in [2.45, 2.75) is 26.2 Å². The maximum atomic E-state index is 12.1. The van der Waals surface area contributed by atoms with Crippen LogP contribution in [0, 0.1) is 0 Å². The van der Waals surface area contributed by atoms with Crippen molar-refractivity contribution in [3.8, 4) is 0 Å². The van der Waals surface area contributed by atoms with E-state index in [1.165, 1.54) is 7.11 Å². The summed E-state index contributed by atoms with van der Waals surface area (Å²) in [5.41, 5.74) is 2.31. The first-order chi connectivity index (χ1) is 10.5. The second kappa shape index (κ2) is 7.11. The third-order valence-corrected chi connectivity index (χ3v) is 5.01. The van der Waals surface area contributed by atoms with Crippen molar-refractivity contribution < 1.29 is 17.9 Å². The van der Waals surface area contributed by atoms with Crippen LogP contribution in [-0.4, -0.2) is 40.3 Å². The van der Waals surface area contributed by atoms with Gasteiger partial charge in [-0.25, -0.2) is 8.42 Å². The highest BCUT2D eigenvalue weighted by atomic mass is 32.2. The van der Waals surface area contributed by atoms with Gasteiger partial charge in [-0.05, 0) is 37.0 Å². The summed E-state index contributed by atoms with van der Waals surface area (Å²) in [7, 11) is -1.85. The lowest BCUT2D eigenvalue weighted by molar-refractivity contribution is -0.122. The molecule has 1 aromatic rings. The summed E-state index contributed by atoms with van der Waals surface area (Å²) >= 11 is 0. The van der Waals surface area contributed by atoms with Gasteiger partial charge in [0.15, 0.2) is 0 Å². The average Bonchev–Trinajstić information content (AvgIpc) is 2.46. The van der Waals surface area contributed by atoms with Gasteiger partial charge in [-0.1, -0.05) is 13.0 Å². The van der Waals surface area contributed by atoms with Crippen LogP contribution in [0.4, 0.5) is 11.4 Å². The van der Waals surface area contributed by atoms with E-state index < -0.39 is 10.0 Å². The molecule has 0 spiro atoms. The van der Waals surface area contributed by atoms with Crippen molar-refractivity contribution in [2.75, 3.05) is 35.6 Å². The van der Waals surface area contributed by atoms with Crippen molar-refractivity contribution in [3.63, 3.8) is 0 Å². The second-order valence-corrected chi connectivity index (χ2v) is 7.19. The number of benzene rings is 1. The number of hydrogen-bond donors (Lipinski definition) is 1. The Morgan fingerprint density at radius 3 is 2.86 bits per heavy atom. The highest BCUT2D eigenvalue weighted by Gasteiger charge is 2.23. The fourth-order valence-corrected chi connectivity index (χ4v) is 3.72. The van der Waals surface area contributed by atoms with E-state index in [0.717, 1.165) is 24.1 Å². The number of nitrogens with one attached hydrogen (secondary N) is 1. The predicted molar refractivity (Wildman–Crippen MR) is 86.7 cm³/mol. The maximum Gasteiger partial charge on any atom is 0.252 e. The Morgan fingerprint density at radius 1 is 1.41 bits per heavy atom. The van der Waals surface area contributed by atoms with Gasteiger partial charge < -0.3 is 9.64 Å². The lowest BCUT2D eigenvalue weighted by Gasteiger charge is -2.30. The molecule has 22 heavy (non-hydrogen) atoms. The van der Waals surface area contributed by atoms with Gasteiger partial charge in [-0.3, -0.25) is 9.52 Å². The van der Waals surface area contributed by atoms with Crippen LogP contribution in [0.3, 0.4) is 0 Å². The van der Waals surface area contributed by atoms with Crippen LogP contribution in [0.2, 0.25) is 0 Å². The molecule has 0 radical (unpaired) electrons. The number of carbonyl (C=O) groups is 1. The predicted octanol–water partition coefficient (Wildman–Crippen LogP) is 1.76. The molecular weight excluding hydrogens is 304 g/mol. The minimum absolute atomic E-state index is 0.0191. The summed E-state index contributed by atoms with van der Waals surface area (Å²) in [4.78, 5) is 13.8. The topological polar surface area (TPSA) is 75.7 Å². The molecule has 0 aliphatic carbocycles. The number of methoxy groups -OCH3 is 1. The molecule has 0 unspecified atom stereocenters. The fraction of sp³-hybridized carbons (Fsp3) is 0.533. The van der Waals surface area contributed by atoms with Crippen molar-refractivity contribution in [2.24, 2.45) is 0 Å². The van der Waals surface area contributed by atoms with Crippen molar-refractivity contribution in [3.05, 3.63) is 23.8 Å². The molecule has 0 saturated carbocycles. The normalized spacial score (nSPS) is 14.5. The lowest BCUT2D eigenvalue weighted by atomic mass is 10.0.